The van der Waals surface area contributed by atoms with Gasteiger partial charge in [-0.15, -0.1) is 0 Å². The highest BCUT2D eigenvalue weighted by atomic mass is 19.1. The van der Waals surface area contributed by atoms with Gasteiger partial charge in [0.1, 0.15) is 12.1 Å². The molecule has 1 aromatic rings. The third-order valence-corrected chi connectivity index (χ3v) is 3.30. The molecule has 1 aromatic carbocycles. The van der Waals surface area contributed by atoms with Crippen molar-refractivity contribution < 1.29 is 14.0 Å². The molecule has 0 aromatic heterocycles. The molecule has 18 heavy (non-hydrogen) atoms. The molecule has 1 heterocycles. The maximum Gasteiger partial charge on any atom is 0.223 e. The van der Waals surface area contributed by atoms with E-state index in [1.807, 2.05) is 0 Å². The average molecular weight is 249 g/mol. The van der Waals surface area contributed by atoms with Crippen LogP contribution in [-0.4, -0.2) is 23.6 Å². The van der Waals surface area contributed by atoms with Gasteiger partial charge in [0.25, 0.3) is 0 Å². The van der Waals surface area contributed by atoms with Crippen molar-refractivity contribution in [1.82, 2.24) is 4.90 Å². The zero-order valence-corrected chi connectivity index (χ0v) is 10.1. The van der Waals surface area contributed by atoms with E-state index in [0.717, 1.165) is 31.2 Å². The fraction of sp³-hybridized carbons (Fsp3) is 0.429. The Morgan fingerprint density at radius 3 is 2.78 bits per heavy atom. The predicted molar refractivity (Wildman–Crippen MR) is 65.4 cm³/mol. The van der Waals surface area contributed by atoms with E-state index in [1.165, 1.54) is 12.1 Å². The van der Waals surface area contributed by atoms with Crippen LogP contribution in [0, 0.1) is 5.82 Å². The number of halogens is 1. The van der Waals surface area contributed by atoms with Crippen LogP contribution in [0.25, 0.3) is 0 Å². The SMILES string of the molecule is O=CCCC(=O)N1CCCC1c1ccc(F)cc1. The van der Waals surface area contributed by atoms with E-state index >= 15 is 0 Å². The first-order chi connectivity index (χ1) is 8.72. The van der Waals surface area contributed by atoms with Crippen molar-refractivity contribution in [3.8, 4) is 0 Å². The summed E-state index contributed by atoms with van der Waals surface area (Å²) in [6.07, 6.45) is 3.15. The number of likely N-dealkylation sites (tertiary alicyclic amines) is 1. The molecular formula is C14H16FNO2. The van der Waals surface area contributed by atoms with Gasteiger partial charge in [-0.2, -0.15) is 0 Å². The van der Waals surface area contributed by atoms with Crippen molar-refractivity contribution in [2.24, 2.45) is 0 Å². The summed E-state index contributed by atoms with van der Waals surface area (Å²) in [6, 6.07) is 6.32. The Labute approximate surface area is 106 Å². The van der Waals surface area contributed by atoms with Crippen LogP contribution in [0.5, 0.6) is 0 Å². The van der Waals surface area contributed by atoms with Gasteiger partial charge in [-0.3, -0.25) is 4.79 Å². The van der Waals surface area contributed by atoms with Gasteiger partial charge >= 0.3 is 0 Å². The molecule has 1 atom stereocenters. The number of carbonyl (C=O) groups is 2. The van der Waals surface area contributed by atoms with Crippen LogP contribution in [-0.2, 0) is 9.59 Å². The van der Waals surface area contributed by atoms with Crippen molar-refractivity contribution in [1.29, 1.82) is 0 Å². The largest absolute Gasteiger partial charge is 0.336 e. The molecule has 0 spiro atoms. The van der Waals surface area contributed by atoms with Crippen LogP contribution in [0.4, 0.5) is 4.39 Å². The van der Waals surface area contributed by atoms with E-state index in [0.29, 0.717) is 0 Å². The monoisotopic (exact) mass is 249 g/mol. The Kier molecular flexibility index (Phi) is 4.07. The zero-order valence-electron chi connectivity index (χ0n) is 10.1. The summed E-state index contributed by atoms with van der Waals surface area (Å²) in [5.74, 6) is -0.260. The maximum absolute atomic E-state index is 12.9. The minimum absolute atomic E-state index is 0.00826. The van der Waals surface area contributed by atoms with E-state index in [9.17, 15) is 14.0 Å². The zero-order chi connectivity index (χ0) is 13.0. The normalized spacial score (nSPS) is 18.9. The molecule has 2 rings (SSSR count). The Hall–Kier alpha value is -1.71. The molecule has 4 heteroatoms. The second-order valence-electron chi connectivity index (χ2n) is 4.50. The van der Waals surface area contributed by atoms with Crippen LogP contribution in [0.2, 0.25) is 0 Å². The third kappa shape index (κ3) is 2.75. The number of aldehydes is 1. The standard InChI is InChI=1S/C14H16FNO2/c15-12-7-5-11(6-8-12)13-3-1-9-16(13)14(18)4-2-10-17/h5-8,10,13H,1-4,9H2. The maximum atomic E-state index is 12.9. The number of hydrogen-bond acceptors (Lipinski definition) is 2. The van der Waals surface area contributed by atoms with Crippen LogP contribution in [0.15, 0.2) is 24.3 Å². The molecule has 1 saturated heterocycles. The summed E-state index contributed by atoms with van der Waals surface area (Å²) in [5, 5.41) is 0. The van der Waals surface area contributed by atoms with E-state index in [2.05, 4.69) is 0 Å². The number of benzene rings is 1. The molecule has 1 aliphatic heterocycles. The van der Waals surface area contributed by atoms with Crippen molar-refractivity contribution in [3.05, 3.63) is 35.6 Å². The van der Waals surface area contributed by atoms with Gasteiger partial charge in [0.05, 0.1) is 6.04 Å². The molecule has 1 aliphatic rings. The summed E-state index contributed by atoms with van der Waals surface area (Å²) in [5.41, 5.74) is 0.966. The van der Waals surface area contributed by atoms with Crippen LogP contribution in [0.3, 0.4) is 0 Å². The molecule has 96 valence electrons. The molecule has 0 bridgehead atoms. The fourth-order valence-corrected chi connectivity index (χ4v) is 2.42. The van der Waals surface area contributed by atoms with Gasteiger partial charge in [-0.25, -0.2) is 4.39 Å². The Balaban J connectivity index is 2.09. The number of rotatable bonds is 4. The lowest BCUT2D eigenvalue weighted by molar-refractivity contribution is -0.133. The Morgan fingerprint density at radius 1 is 1.39 bits per heavy atom. The molecule has 0 radical (unpaired) electrons. The first kappa shape index (κ1) is 12.7. The van der Waals surface area contributed by atoms with Crippen molar-refractivity contribution in [3.63, 3.8) is 0 Å². The quantitative estimate of drug-likeness (QED) is 0.769. The van der Waals surface area contributed by atoms with E-state index in [-0.39, 0.29) is 30.6 Å². The van der Waals surface area contributed by atoms with Crippen LogP contribution >= 0.6 is 0 Å². The third-order valence-electron chi connectivity index (χ3n) is 3.30. The topological polar surface area (TPSA) is 37.4 Å². The van der Waals surface area contributed by atoms with Crippen molar-refractivity contribution in [2.75, 3.05) is 6.54 Å². The second kappa shape index (κ2) is 5.76. The van der Waals surface area contributed by atoms with Crippen LogP contribution < -0.4 is 0 Å². The van der Waals surface area contributed by atoms with Crippen molar-refractivity contribution in [2.45, 2.75) is 31.7 Å². The highest BCUT2D eigenvalue weighted by molar-refractivity contribution is 5.79. The molecule has 1 amide bonds. The smallest absolute Gasteiger partial charge is 0.223 e. The van der Waals surface area contributed by atoms with Gasteiger partial charge in [-0.05, 0) is 30.5 Å². The lowest BCUT2D eigenvalue weighted by Gasteiger charge is -2.25. The van der Waals surface area contributed by atoms with Gasteiger partial charge in [-0.1, -0.05) is 12.1 Å². The van der Waals surface area contributed by atoms with Gasteiger partial charge < -0.3 is 9.69 Å². The Morgan fingerprint density at radius 2 is 2.11 bits per heavy atom. The predicted octanol–water partition coefficient (Wildman–Crippen LogP) is 2.47. The average Bonchev–Trinajstić information content (AvgIpc) is 2.86. The van der Waals surface area contributed by atoms with E-state index in [1.54, 1.807) is 17.0 Å². The summed E-state index contributed by atoms with van der Waals surface area (Å²) >= 11 is 0. The number of amides is 1. The van der Waals surface area contributed by atoms with E-state index < -0.39 is 0 Å². The van der Waals surface area contributed by atoms with Crippen LogP contribution in [0.1, 0.15) is 37.3 Å². The molecule has 0 N–H and O–H groups in total. The first-order valence-electron chi connectivity index (χ1n) is 6.21. The number of hydrogen-bond donors (Lipinski definition) is 0. The molecular weight excluding hydrogens is 233 g/mol. The summed E-state index contributed by atoms with van der Waals surface area (Å²) < 4.78 is 12.9. The molecule has 0 aliphatic carbocycles. The van der Waals surface area contributed by atoms with Gasteiger partial charge in [0.2, 0.25) is 5.91 Å². The lowest BCUT2D eigenvalue weighted by atomic mass is 10.0. The highest BCUT2D eigenvalue weighted by Gasteiger charge is 2.29. The Bertz CT molecular complexity index is 430. The van der Waals surface area contributed by atoms with Gasteiger partial charge in [0.15, 0.2) is 0 Å². The van der Waals surface area contributed by atoms with Crippen molar-refractivity contribution >= 4 is 12.2 Å². The molecule has 3 nitrogen and oxygen atoms in total. The fourth-order valence-electron chi connectivity index (χ4n) is 2.42. The molecule has 1 fully saturated rings. The number of carbonyl (C=O) groups excluding carboxylic acids is 2. The minimum atomic E-state index is -0.268. The van der Waals surface area contributed by atoms with E-state index in [4.69, 9.17) is 0 Å². The minimum Gasteiger partial charge on any atom is -0.336 e. The van der Waals surface area contributed by atoms with Gasteiger partial charge in [0, 0.05) is 19.4 Å². The lowest BCUT2D eigenvalue weighted by Crippen LogP contribution is -2.30. The highest BCUT2D eigenvalue weighted by Crippen LogP contribution is 2.32. The molecule has 0 saturated carbocycles. The summed E-state index contributed by atoms with van der Waals surface area (Å²) in [4.78, 5) is 24.1. The summed E-state index contributed by atoms with van der Waals surface area (Å²) in [7, 11) is 0. The number of nitrogens with zero attached hydrogens (tertiary/aromatic N) is 1. The first-order valence-corrected chi connectivity index (χ1v) is 6.21. The second-order valence-corrected chi connectivity index (χ2v) is 4.50. The summed E-state index contributed by atoms with van der Waals surface area (Å²) in [6.45, 7) is 0.722. The molecule has 1 unspecified atom stereocenters.